The Kier molecular flexibility index (Phi) is 2.72. The Morgan fingerprint density at radius 3 is 3.14 bits per heavy atom. The van der Waals surface area contributed by atoms with Crippen molar-refractivity contribution in [3.63, 3.8) is 0 Å². The summed E-state index contributed by atoms with van der Waals surface area (Å²) in [6.45, 7) is 5.96. The lowest BCUT2D eigenvalue weighted by atomic mass is 10.1. The topological polar surface area (TPSA) is 39.1 Å². The zero-order valence-electron chi connectivity index (χ0n) is 8.73. The molecule has 4 heteroatoms. The van der Waals surface area contributed by atoms with Crippen molar-refractivity contribution < 1.29 is 4.74 Å². The van der Waals surface area contributed by atoms with Gasteiger partial charge in [0.05, 0.1) is 24.0 Å². The van der Waals surface area contributed by atoms with E-state index in [1.165, 1.54) is 0 Å². The van der Waals surface area contributed by atoms with Crippen LogP contribution in [0, 0.1) is 0 Å². The predicted octanol–water partition coefficient (Wildman–Crippen LogP) is 1.49. The van der Waals surface area contributed by atoms with Gasteiger partial charge in [-0.1, -0.05) is 0 Å². The first-order valence-electron chi connectivity index (χ1n) is 5.20. The highest BCUT2D eigenvalue weighted by Gasteiger charge is 2.23. The second kappa shape index (κ2) is 4.00. The third-order valence-electron chi connectivity index (χ3n) is 2.69. The van der Waals surface area contributed by atoms with Gasteiger partial charge < -0.3 is 10.1 Å². The highest BCUT2D eigenvalue weighted by atomic mass is 16.5. The van der Waals surface area contributed by atoms with Gasteiger partial charge in [-0.2, -0.15) is 5.10 Å². The molecule has 1 fully saturated rings. The number of hydrogen-bond acceptors (Lipinski definition) is 3. The monoisotopic (exact) mass is 195 g/mol. The lowest BCUT2D eigenvalue weighted by Gasteiger charge is -2.15. The molecule has 0 radical (unpaired) electrons. The Morgan fingerprint density at radius 2 is 2.57 bits per heavy atom. The fourth-order valence-electron chi connectivity index (χ4n) is 1.75. The van der Waals surface area contributed by atoms with Crippen LogP contribution in [0.1, 0.15) is 20.3 Å². The first-order valence-corrected chi connectivity index (χ1v) is 5.20. The van der Waals surface area contributed by atoms with Crippen molar-refractivity contribution in [2.24, 2.45) is 0 Å². The summed E-state index contributed by atoms with van der Waals surface area (Å²) in [5.74, 6) is 0. The van der Waals surface area contributed by atoms with Gasteiger partial charge in [0.25, 0.3) is 0 Å². The summed E-state index contributed by atoms with van der Waals surface area (Å²) < 4.78 is 7.40. The molecule has 0 aromatic carbocycles. The van der Waals surface area contributed by atoms with E-state index in [0.29, 0.717) is 12.1 Å². The number of anilines is 1. The van der Waals surface area contributed by atoms with Crippen LogP contribution >= 0.6 is 0 Å². The molecule has 2 atom stereocenters. The second-order valence-electron chi connectivity index (χ2n) is 3.70. The number of rotatable bonds is 3. The van der Waals surface area contributed by atoms with E-state index in [4.69, 9.17) is 4.74 Å². The second-order valence-corrected chi connectivity index (χ2v) is 3.70. The Hall–Kier alpha value is -1.03. The molecular weight excluding hydrogens is 178 g/mol. The molecule has 0 spiro atoms. The third-order valence-corrected chi connectivity index (χ3v) is 2.69. The van der Waals surface area contributed by atoms with E-state index in [2.05, 4.69) is 24.3 Å². The van der Waals surface area contributed by atoms with E-state index in [-0.39, 0.29) is 0 Å². The van der Waals surface area contributed by atoms with Crippen molar-refractivity contribution in [3.8, 4) is 0 Å². The molecular formula is C10H17N3O. The Morgan fingerprint density at radius 1 is 1.71 bits per heavy atom. The van der Waals surface area contributed by atoms with Gasteiger partial charge in [0.2, 0.25) is 0 Å². The fraction of sp³-hybridized carbons (Fsp3) is 0.700. The van der Waals surface area contributed by atoms with Crippen molar-refractivity contribution in [2.75, 3.05) is 11.9 Å². The van der Waals surface area contributed by atoms with Gasteiger partial charge >= 0.3 is 0 Å². The first-order chi connectivity index (χ1) is 6.79. The van der Waals surface area contributed by atoms with Gasteiger partial charge in [0.1, 0.15) is 0 Å². The summed E-state index contributed by atoms with van der Waals surface area (Å²) >= 11 is 0. The smallest absolute Gasteiger partial charge is 0.0748 e. The van der Waals surface area contributed by atoms with Crippen LogP contribution in [0.15, 0.2) is 12.4 Å². The van der Waals surface area contributed by atoms with Gasteiger partial charge in [0.15, 0.2) is 0 Å². The minimum Gasteiger partial charge on any atom is -0.377 e. The van der Waals surface area contributed by atoms with Gasteiger partial charge in [-0.15, -0.1) is 0 Å². The molecule has 1 aliphatic rings. The molecule has 2 rings (SSSR count). The summed E-state index contributed by atoms with van der Waals surface area (Å²) in [5, 5.41) is 7.65. The van der Waals surface area contributed by atoms with Crippen molar-refractivity contribution in [1.29, 1.82) is 0 Å². The Bertz CT molecular complexity index is 297. The number of hydrogen-bond donors (Lipinski definition) is 1. The minimum atomic E-state index is 0.306. The van der Waals surface area contributed by atoms with Crippen molar-refractivity contribution in [2.45, 2.75) is 39.0 Å². The average Bonchev–Trinajstić information content (AvgIpc) is 2.77. The molecule has 0 saturated carbocycles. The van der Waals surface area contributed by atoms with Crippen LogP contribution in [0.4, 0.5) is 5.69 Å². The van der Waals surface area contributed by atoms with Crippen LogP contribution in [0.5, 0.6) is 0 Å². The summed E-state index contributed by atoms with van der Waals surface area (Å²) in [4.78, 5) is 0. The molecule has 1 aromatic rings. The summed E-state index contributed by atoms with van der Waals surface area (Å²) in [6.07, 6.45) is 5.29. The van der Waals surface area contributed by atoms with E-state index in [1.807, 2.05) is 17.1 Å². The minimum absolute atomic E-state index is 0.306. The van der Waals surface area contributed by atoms with E-state index < -0.39 is 0 Å². The highest BCUT2D eigenvalue weighted by molar-refractivity contribution is 5.39. The number of nitrogens with zero attached hydrogens (tertiary/aromatic N) is 2. The molecule has 4 nitrogen and oxygen atoms in total. The van der Waals surface area contributed by atoms with E-state index in [0.717, 1.165) is 25.3 Å². The van der Waals surface area contributed by atoms with Crippen LogP contribution in [-0.4, -0.2) is 28.5 Å². The van der Waals surface area contributed by atoms with E-state index in [9.17, 15) is 0 Å². The van der Waals surface area contributed by atoms with Crippen LogP contribution < -0.4 is 5.32 Å². The largest absolute Gasteiger partial charge is 0.377 e. The fourth-order valence-corrected chi connectivity index (χ4v) is 1.75. The molecule has 1 N–H and O–H groups in total. The van der Waals surface area contributed by atoms with E-state index >= 15 is 0 Å². The molecule has 1 aliphatic heterocycles. The highest BCUT2D eigenvalue weighted by Crippen LogP contribution is 2.18. The number of aromatic nitrogens is 2. The van der Waals surface area contributed by atoms with Crippen LogP contribution in [0.25, 0.3) is 0 Å². The quantitative estimate of drug-likeness (QED) is 0.794. The van der Waals surface area contributed by atoms with Gasteiger partial charge in [-0.3, -0.25) is 4.68 Å². The lowest BCUT2D eigenvalue weighted by Crippen LogP contribution is -2.26. The maximum atomic E-state index is 5.48. The summed E-state index contributed by atoms with van der Waals surface area (Å²) in [5.41, 5.74) is 1.09. The van der Waals surface area contributed by atoms with Crippen molar-refractivity contribution in [3.05, 3.63) is 12.4 Å². The molecule has 14 heavy (non-hydrogen) atoms. The molecule has 1 saturated heterocycles. The van der Waals surface area contributed by atoms with E-state index in [1.54, 1.807) is 0 Å². The number of nitrogens with one attached hydrogen (secondary N) is 1. The zero-order valence-corrected chi connectivity index (χ0v) is 8.73. The molecule has 1 aromatic heterocycles. The van der Waals surface area contributed by atoms with Gasteiger partial charge in [-0.05, 0) is 20.3 Å². The van der Waals surface area contributed by atoms with Crippen molar-refractivity contribution in [1.82, 2.24) is 9.78 Å². The maximum absolute atomic E-state index is 5.48. The molecule has 2 heterocycles. The SMILES string of the molecule is CCn1cc(N[C@H]2CCO[C@@H]2C)cn1. The molecule has 0 aliphatic carbocycles. The Balaban J connectivity index is 1.96. The van der Waals surface area contributed by atoms with Crippen molar-refractivity contribution >= 4 is 5.69 Å². The van der Waals surface area contributed by atoms with Crippen LogP contribution in [0.3, 0.4) is 0 Å². The van der Waals surface area contributed by atoms with Crippen LogP contribution in [-0.2, 0) is 11.3 Å². The molecule has 0 bridgehead atoms. The molecule has 0 amide bonds. The lowest BCUT2D eigenvalue weighted by molar-refractivity contribution is 0.121. The summed E-state index contributed by atoms with van der Waals surface area (Å²) in [6, 6.07) is 0.435. The maximum Gasteiger partial charge on any atom is 0.0748 e. The van der Waals surface area contributed by atoms with Gasteiger partial charge in [-0.25, -0.2) is 0 Å². The third kappa shape index (κ3) is 1.90. The number of ether oxygens (including phenoxy) is 1. The summed E-state index contributed by atoms with van der Waals surface area (Å²) in [7, 11) is 0. The zero-order chi connectivity index (χ0) is 9.97. The first kappa shape index (κ1) is 9.52. The number of aryl methyl sites for hydroxylation is 1. The predicted molar refractivity (Wildman–Crippen MR) is 55.3 cm³/mol. The standard InChI is InChI=1S/C10H17N3O/c1-3-13-7-9(6-11-13)12-10-4-5-14-8(10)2/h6-8,10,12H,3-5H2,1-2H3/t8-,10+/m1/s1. The van der Waals surface area contributed by atoms with Gasteiger partial charge in [0, 0.05) is 19.3 Å². The Labute approximate surface area is 84.3 Å². The average molecular weight is 195 g/mol. The normalized spacial score (nSPS) is 26.7. The molecule has 78 valence electrons. The molecule has 0 unspecified atom stereocenters. The van der Waals surface area contributed by atoms with Crippen LogP contribution in [0.2, 0.25) is 0 Å².